The smallest absolute Gasteiger partial charge is 0.0602 e. The van der Waals surface area contributed by atoms with Gasteiger partial charge in [0.15, 0.2) is 0 Å². The number of fused-ring (bicyclic) bond motifs is 5. The number of rotatable bonds is 3. The molecule has 4 aliphatic rings. The van der Waals surface area contributed by atoms with E-state index >= 15 is 0 Å². The molecule has 4 saturated carbocycles. The molecule has 3 heteroatoms. The fourth-order valence-corrected chi connectivity index (χ4v) is 8.62. The minimum atomic E-state index is -0.163. The molecule has 0 aromatic heterocycles. The van der Waals surface area contributed by atoms with Crippen LogP contribution in [0.5, 0.6) is 0 Å². The summed E-state index contributed by atoms with van der Waals surface area (Å²) in [5.74, 6) is 4.05. The van der Waals surface area contributed by atoms with Crippen molar-refractivity contribution >= 4 is 0 Å². The molecule has 150 valence electrons. The Balaban J connectivity index is 1.61. The molecular weight excluding hydrogens is 322 g/mol. The summed E-state index contributed by atoms with van der Waals surface area (Å²) in [6, 6.07) is 0. The van der Waals surface area contributed by atoms with Crippen molar-refractivity contribution in [2.24, 2.45) is 52.1 Å². The zero-order chi connectivity index (χ0) is 18.7. The molecule has 4 aliphatic carbocycles. The lowest BCUT2D eigenvalue weighted by Gasteiger charge is -2.62. The summed E-state index contributed by atoms with van der Waals surface area (Å²) in [7, 11) is 0. The van der Waals surface area contributed by atoms with Crippen LogP contribution < -0.4 is 5.73 Å². The van der Waals surface area contributed by atoms with E-state index in [4.69, 9.17) is 5.73 Å². The fraction of sp³-hybridized carbons (Fsp3) is 1.00. The monoisotopic (exact) mass is 363 g/mol. The largest absolute Gasteiger partial charge is 0.393 e. The summed E-state index contributed by atoms with van der Waals surface area (Å²) in [6.07, 6.45) is 10.1. The maximum Gasteiger partial charge on any atom is 0.0602 e. The molecule has 0 bridgehead atoms. The van der Waals surface area contributed by atoms with Crippen molar-refractivity contribution in [1.82, 2.24) is 0 Å². The Bertz CT molecular complexity index is 524. The van der Waals surface area contributed by atoms with E-state index < -0.39 is 0 Å². The minimum Gasteiger partial charge on any atom is -0.393 e. The molecule has 10 unspecified atom stereocenters. The van der Waals surface area contributed by atoms with E-state index in [-0.39, 0.29) is 17.6 Å². The normalized spacial score (nSPS) is 54.9. The van der Waals surface area contributed by atoms with Gasteiger partial charge in [0.05, 0.1) is 12.2 Å². The average Bonchev–Trinajstić information content (AvgIpc) is 2.96. The van der Waals surface area contributed by atoms with Gasteiger partial charge in [0.25, 0.3) is 0 Å². The van der Waals surface area contributed by atoms with Gasteiger partial charge < -0.3 is 15.9 Å². The molecule has 3 nitrogen and oxygen atoms in total. The Hall–Kier alpha value is -0.120. The Morgan fingerprint density at radius 1 is 1.00 bits per heavy atom. The molecule has 0 saturated heterocycles. The molecule has 26 heavy (non-hydrogen) atoms. The topological polar surface area (TPSA) is 66.5 Å². The Kier molecular flexibility index (Phi) is 4.98. The molecule has 4 N–H and O–H groups in total. The summed E-state index contributed by atoms with van der Waals surface area (Å²) in [6.45, 7) is 8.05. The van der Waals surface area contributed by atoms with Crippen LogP contribution in [-0.2, 0) is 0 Å². The first kappa shape index (κ1) is 19.2. The van der Waals surface area contributed by atoms with Gasteiger partial charge in [-0.15, -0.1) is 0 Å². The highest BCUT2D eigenvalue weighted by Crippen LogP contribution is 2.68. The predicted octanol–water partition coefficient (Wildman–Crippen LogP) is 3.96. The van der Waals surface area contributed by atoms with E-state index in [1.54, 1.807) is 0 Å². The van der Waals surface area contributed by atoms with Gasteiger partial charge in [-0.05, 0) is 111 Å². The van der Waals surface area contributed by atoms with Crippen LogP contribution in [0.15, 0.2) is 0 Å². The van der Waals surface area contributed by atoms with Crippen LogP contribution in [0.2, 0.25) is 0 Å². The standard InChI is InChI=1S/C23H41NO2/c1-14(9-11-24)18-6-7-19-17-5-4-15-12-16(25)8-10-22(15,2)20(17)13-21(26)23(18,19)3/h14-21,25-26H,4-13,24H2,1-3H3. The van der Waals surface area contributed by atoms with Gasteiger partial charge in [-0.3, -0.25) is 0 Å². The van der Waals surface area contributed by atoms with Gasteiger partial charge in [0, 0.05) is 0 Å². The number of hydrogen-bond acceptors (Lipinski definition) is 3. The van der Waals surface area contributed by atoms with E-state index in [1.807, 2.05) is 0 Å². The Morgan fingerprint density at radius 2 is 1.77 bits per heavy atom. The van der Waals surface area contributed by atoms with Gasteiger partial charge in [-0.2, -0.15) is 0 Å². The summed E-state index contributed by atoms with van der Waals surface area (Å²) >= 11 is 0. The molecule has 10 atom stereocenters. The lowest BCUT2D eigenvalue weighted by atomic mass is 9.43. The summed E-state index contributed by atoms with van der Waals surface area (Å²) in [5.41, 5.74) is 6.30. The van der Waals surface area contributed by atoms with Crippen molar-refractivity contribution < 1.29 is 10.2 Å². The highest BCUT2D eigenvalue weighted by molar-refractivity contribution is 5.12. The molecular formula is C23H41NO2. The van der Waals surface area contributed by atoms with Crippen LogP contribution in [0.4, 0.5) is 0 Å². The highest BCUT2D eigenvalue weighted by Gasteiger charge is 2.63. The first-order chi connectivity index (χ1) is 12.3. The van der Waals surface area contributed by atoms with Crippen molar-refractivity contribution in [2.75, 3.05) is 6.54 Å². The minimum absolute atomic E-state index is 0.0867. The quantitative estimate of drug-likeness (QED) is 0.711. The van der Waals surface area contributed by atoms with Crippen LogP contribution in [0.25, 0.3) is 0 Å². The van der Waals surface area contributed by atoms with Crippen molar-refractivity contribution in [3.8, 4) is 0 Å². The predicted molar refractivity (Wildman–Crippen MR) is 105 cm³/mol. The number of aliphatic hydroxyl groups excluding tert-OH is 2. The lowest BCUT2D eigenvalue weighted by Crippen LogP contribution is -2.58. The maximum absolute atomic E-state index is 11.4. The third-order valence-electron chi connectivity index (χ3n) is 10.1. The fourth-order valence-electron chi connectivity index (χ4n) is 8.62. The number of aliphatic hydroxyl groups is 2. The number of hydrogen-bond donors (Lipinski definition) is 3. The SMILES string of the molecule is CC(CCN)C1CCC2C3CCC4CC(O)CCC4(C)C3CC(O)C12C. The first-order valence-electron chi connectivity index (χ1n) is 11.4. The Morgan fingerprint density at radius 3 is 2.50 bits per heavy atom. The molecule has 0 heterocycles. The van der Waals surface area contributed by atoms with Crippen molar-refractivity contribution in [2.45, 2.75) is 90.8 Å². The molecule has 0 radical (unpaired) electrons. The zero-order valence-corrected chi connectivity index (χ0v) is 17.2. The first-order valence-corrected chi connectivity index (χ1v) is 11.4. The van der Waals surface area contributed by atoms with E-state index in [0.717, 1.165) is 44.6 Å². The van der Waals surface area contributed by atoms with Gasteiger partial charge >= 0.3 is 0 Å². The highest BCUT2D eigenvalue weighted by atomic mass is 16.3. The maximum atomic E-state index is 11.4. The second kappa shape index (κ2) is 6.74. The lowest BCUT2D eigenvalue weighted by molar-refractivity contribution is -0.174. The van der Waals surface area contributed by atoms with Crippen molar-refractivity contribution in [1.29, 1.82) is 0 Å². The van der Waals surface area contributed by atoms with Gasteiger partial charge in [0.1, 0.15) is 0 Å². The average molecular weight is 364 g/mol. The Labute approximate surface area is 160 Å². The van der Waals surface area contributed by atoms with E-state index in [0.29, 0.717) is 35.0 Å². The van der Waals surface area contributed by atoms with Gasteiger partial charge in [-0.25, -0.2) is 0 Å². The van der Waals surface area contributed by atoms with Crippen molar-refractivity contribution in [3.63, 3.8) is 0 Å². The molecule has 4 fully saturated rings. The molecule has 4 rings (SSSR count). The van der Waals surface area contributed by atoms with Crippen molar-refractivity contribution in [3.05, 3.63) is 0 Å². The van der Waals surface area contributed by atoms with E-state index in [2.05, 4.69) is 20.8 Å². The molecule has 0 amide bonds. The third-order valence-corrected chi connectivity index (χ3v) is 10.1. The summed E-state index contributed by atoms with van der Waals surface area (Å²) in [4.78, 5) is 0. The molecule has 0 aromatic rings. The second-order valence-electron chi connectivity index (χ2n) is 10.9. The van der Waals surface area contributed by atoms with Crippen LogP contribution >= 0.6 is 0 Å². The second-order valence-corrected chi connectivity index (χ2v) is 10.9. The summed E-state index contributed by atoms with van der Waals surface area (Å²) in [5, 5.41) is 21.6. The van der Waals surface area contributed by atoms with Crippen LogP contribution in [0, 0.1) is 46.3 Å². The van der Waals surface area contributed by atoms with Crippen LogP contribution in [0.1, 0.15) is 78.6 Å². The van der Waals surface area contributed by atoms with Crippen LogP contribution in [-0.4, -0.2) is 29.0 Å². The number of nitrogens with two attached hydrogens (primary N) is 1. The zero-order valence-electron chi connectivity index (χ0n) is 17.2. The molecule has 0 aliphatic heterocycles. The third kappa shape index (κ3) is 2.63. The molecule has 0 aromatic carbocycles. The summed E-state index contributed by atoms with van der Waals surface area (Å²) < 4.78 is 0. The van der Waals surface area contributed by atoms with Gasteiger partial charge in [0.2, 0.25) is 0 Å². The van der Waals surface area contributed by atoms with Crippen LogP contribution in [0.3, 0.4) is 0 Å². The van der Waals surface area contributed by atoms with E-state index in [1.165, 1.54) is 25.7 Å². The molecule has 0 spiro atoms. The van der Waals surface area contributed by atoms with Gasteiger partial charge in [-0.1, -0.05) is 20.8 Å². The van der Waals surface area contributed by atoms with E-state index in [9.17, 15) is 10.2 Å².